The highest BCUT2D eigenvalue weighted by molar-refractivity contribution is 5.55. The van der Waals surface area contributed by atoms with Crippen molar-refractivity contribution in [3.05, 3.63) is 47.2 Å². The van der Waals surface area contributed by atoms with Gasteiger partial charge in [-0.2, -0.15) is 4.98 Å². The van der Waals surface area contributed by atoms with Gasteiger partial charge in [0.15, 0.2) is 0 Å². The second-order valence-electron chi connectivity index (χ2n) is 7.55. The van der Waals surface area contributed by atoms with Crippen LogP contribution in [0, 0.1) is 0 Å². The van der Waals surface area contributed by atoms with Crippen LogP contribution in [-0.4, -0.2) is 36.1 Å². The molecule has 132 valence electrons. The van der Waals surface area contributed by atoms with E-state index in [1.165, 1.54) is 23.2 Å². The molecule has 1 aliphatic carbocycles. The number of piperazine rings is 1. The zero-order valence-corrected chi connectivity index (χ0v) is 15.0. The minimum Gasteiger partial charge on any atom is -0.368 e. The minimum atomic E-state index is 0.0226. The van der Waals surface area contributed by atoms with Crippen LogP contribution in [0.3, 0.4) is 0 Å². The Morgan fingerprint density at radius 3 is 2.68 bits per heavy atom. The predicted octanol–water partition coefficient (Wildman–Crippen LogP) is 2.31. The molecular formula is C20H27N5. The van der Waals surface area contributed by atoms with E-state index < -0.39 is 0 Å². The summed E-state index contributed by atoms with van der Waals surface area (Å²) in [6.45, 7) is 6.31. The molecule has 5 heteroatoms. The van der Waals surface area contributed by atoms with Crippen LogP contribution in [0.2, 0.25) is 0 Å². The summed E-state index contributed by atoms with van der Waals surface area (Å²) in [5.74, 6) is 1.48. The Labute approximate surface area is 149 Å². The van der Waals surface area contributed by atoms with E-state index in [-0.39, 0.29) is 5.41 Å². The van der Waals surface area contributed by atoms with Crippen molar-refractivity contribution in [2.45, 2.75) is 38.0 Å². The lowest BCUT2D eigenvalue weighted by molar-refractivity contribution is 0.378. The summed E-state index contributed by atoms with van der Waals surface area (Å²) in [4.78, 5) is 11.8. The molecule has 0 bridgehead atoms. The maximum atomic E-state index is 6.14. The second-order valence-corrected chi connectivity index (χ2v) is 7.55. The van der Waals surface area contributed by atoms with Gasteiger partial charge in [0.1, 0.15) is 5.82 Å². The van der Waals surface area contributed by atoms with Crippen molar-refractivity contribution in [3.63, 3.8) is 0 Å². The SMILES string of the molecule is CC1(Cc2ccccc2)CCCc2c(N3CCNCC3)nc(N)nc21. The van der Waals surface area contributed by atoms with Crippen molar-refractivity contribution >= 4 is 11.8 Å². The third-order valence-corrected chi connectivity index (χ3v) is 5.58. The van der Waals surface area contributed by atoms with Crippen molar-refractivity contribution < 1.29 is 0 Å². The van der Waals surface area contributed by atoms with Gasteiger partial charge in [0.05, 0.1) is 5.69 Å². The highest BCUT2D eigenvalue weighted by Gasteiger charge is 2.36. The molecule has 1 fully saturated rings. The fourth-order valence-electron chi connectivity index (χ4n) is 4.35. The monoisotopic (exact) mass is 337 g/mol. The van der Waals surface area contributed by atoms with Crippen molar-refractivity contribution in [3.8, 4) is 0 Å². The number of nitrogens with two attached hydrogens (primary N) is 1. The van der Waals surface area contributed by atoms with Crippen molar-refractivity contribution in [1.82, 2.24) is 15.3 Å². The van der Waals surface area contributed by atoms with E-state index in [0.29, 0.717) is 5.95 Å². The number of rotatable bonds is 3. The lowest BCUT2D eigenvalue weighted by atomic mass is 9.71. The molecule has 1 aromatic carbocycles. The van der Waals surface area contributed by atoms with Gasteiger partial charge in [0, 0.05) is 37.2 Å². The first-order valence-corrected chi connectivity index (χ1v) is 9.32. The van der Waals surface area contributed by atoms with Crippen LogP contribution >= 0.6 is 0 Å². The number of nitrogens with zero attached hydrogens (tertiary/aromatic N) is 3. The van der Waals surface area contributed by atoms with E-state index in [9.17, 15) is 0 Å². The highest BCUT2D eigenvalue weighted by Crippen LogP contribution is 2.41. The lowest BCUT2D eigenvalue weighted by Gasteiger charge is -2.38. The fourth-order valence-corrected chi connectivity index (χ4v) is 4.35. The number of fused-ring (bicyclic) bond motifs is 1. The zero-order valence-electron chi connectivity index (χ0n) is 15.0. The van der Waals surface area contributed by atoms with E-state index in [1.54, 1.807) is 0 Å². The Bertz CT molecular complexity index is 739. The summed E-state index contributed by atoms with van der Waals surface area (Å²) in [7, 11) is 0. The summed E-state index contributed by atoms with van der Waals surface area (Å²) < 4.78 is 0. The first-order valence-electron chi connectivity index (χ1n) is 9.32. The molecule has 1 saturated heterocycles. The molecule has 1 aromatic heterocycles. The second kappa shape index (κ2) is 6.64. The van der Waals surface area contributed by atoms with E-state index in [1.807, 2.05) is 0 Å². The molecule has 1 unspecified atom stereocenters. The minimum absolute atomic E-state index is 0.0226. The molecule has 3 N–H and O–H groups in total. The number of hydrogen-bond acceptors (Lipinski definition) is 5. The summed E-state index contributed by atoms with van der Waals surface area (Å²) in [6.07, 6.45) is 4.38. The van der Waals surface area contributed by atoms with E-state index in [4.69, 9.17) is 10.7 Å². The van der Waals surface area contributed by atoms with Gasteiger partial charge in [-0.15, -0.1) is 0 Å². The molecule has 5 nitrogen and oxygen atoms in total. The molecule has 0 radical (unpaired) electrons. The summed E-state index contributed by atoms with van der Waals surface area (Å²) in [6, 6.07) is 10.7. The summed E-state index contributed by atoms with van der Waals surface area (Å²) in [5.41, 5.74) is 10.0. The molecular weight excluding hydrogens is 310 g/mol. The predicted molar refractivity (Wildman–Crippen MR) is 102 cm³/mol. The standard InChI is InChI=1S/C20H27N5/c1-20(14-15-6-3-2-4-7-15)9-5-8-16-17(20)23-19(21)24-18(16)25-12-10-22-11-13-25/h2-4,6-7,22H,5,8-14H2,1H3,(H2,21,23,24). The molecule has 25 heavy (non-hydrogen) atoms. The van der Waals surface area contributed by atoms with E-state index in [2.05, 4.69) is 52.5 Å². The molecule has 0 saturated carbocycles. The zero-order chi connectivity index (χ0) is 17.3. The molecule has 0 amide bonds. The van der Waals surface area contributed by atoms with E-state index >= 15 is 0 Å². The van der Waals surface area contributed by atoms with Crippen LogP contribution in [-0.2, 0) is 18.3 Å². The number of nitrogen functional groups attached to an aromatic ring is 1. The van der Waals surface area contributed by atoms with Gasteiger partial charge in [0.25, 0.3) is 0 Å². The van der Waals surface area contributed by atoms with Gasteiger partial charge in [-0.25, -0.2) is 4.98 Å². The normalized spacial score (nSPS) is 23.3. The maximum absolute atomic E-state index is 6.14. The van der Waals surface area contributed by atoms with Crippen LogP contribution in [0.5, 0.6) is 0 Å². The molecule has 0 spiro atoms. The van der Waals surface area contributed by atoms with E-state index in [0.717, 1.165) is 51.3 Å². The Morgan fingerprint density at radius 1 is 1.16 bits per heavy atom. The van der Waals surface area contributed by atoms with Crippen LogP contribution < -0.4 is 16.0 Å². The van der Waals surface area contributed by atoms with Gasteiger partial charge in [-0.1, -0.05) is 37.3 Å². The Kier molecular flexibility index (Phi) is 4.34. The maximum Gasteiger partial charge on any atom is 0.222 e. The van der Waals surface area contributed by atoms with Gasteiger partial charge >= 0.3 is 0 Å². The topological polar surface area (TPSA) is 67.1 Å². The lowest BCUT2D eigenvalue weighted by Crippen LogP contribution is -2.45. The number of hydrogen-bond donors (Lipinski definition) is 2. The average Bonchev–Trinajstić information content (AvgIpc) is 2.63. The third kappa shape index (κ3) is 3.21. The quantitative estimate of drug-likeness (QED) is 0.900. The Morgan fingerprint density at radius 2 is 1.92 bits per heavy atom. The van der Waals surface area contributed by atoms with Gasteiger partial charge in [0.2, 0.25) is 5.95 Å². The number of anilines is 2. The van der Waals surface area contributed by atoms with Crippen molar-refractivity contribution in [1.29, 1.82) is 0 Å². The fraction of sp³-hybridized carbons (Fsp3) is 0.500. The van der Waals surface area contributed by atoms with Crippen LogP contribution in [0.15, 0.2) is 30.3 Å². The van der Waals surface area contributed by atoms with Crippen molar-refractivity contribution in [2.75, 3.05) is 36.8 Å². The highest BCUT2D eigenvalue weighted by atomic mass is 15.2. The van der Waals surface area contributed by atoms with Gasteiger partial charge in [-0.3, -0.25) is 0 Å². The largest absolute Gasteiger partial charge is 0.368 e. The molecule has 2 heterocycles. The Hall–Kier alpha value is -2.14. The smallest absolute Gasteiger partial charge is 0.222 e. The average molecular weight is 337 g/mol. The Balaban J connectivity index is 1.74. The number of nitrogens with one attached hydrogen (secondary N) is 1. The van der Waals surface area contributed by atoms with Crippen molar-refractivity contribution in [2.24, 2.45) is 0 Å². The summed E-state index contributed by atoms with van der Waals surface area (Å²) >= 11 is 0. The third-order valence-electron chi connectivity index (χ3n) is 5.58. The van der Waals surface area contributed by atoms with Crippen LogP contribution in [0.25, 0.3) is 0 Å². The number of benzene rings is 1. The van der Waals surface area contributed by atoms with Gasteiger partial charge < -0.3 is 16.0 Å². The van der Waals surface area contributed by atoms with Crippen LogP contribution in [0.4, 0.5) is 11.8 Å². The number of aromatic nitrogens is 2. The first-order chi connectivity index (χ1) is 12.2. The first kappa shape index (κ1) is 16.3. The van der Waals surface area contributed by atoms with Gasteiger partial charge in [-0.05, 0) is 31.2 Å². The molecule has 1 atom stereocenters. The molecule has 2 aromatic rings. The molecule has 2 aliphatic rings. The van der Waals surface area contributed by atoms with Crippen LogP contribution in [0.1, 0.15) is 36.6 Å². The summed E-state index contributed by atoms with van der Waals surface area (Å²) in [5, 5.41) is 3.41. The molecule has 1 aliphatic heterocycles. The molecule has 4 rings (SSSR count).